The lowest BCUT2D eigenvalue weighted by Gasteiger charge is -2.58. The van der Waals surface area contributed by atoms with Gasteiger partial charge in [-0.1, -0.05) is 65.3 Å². The predicted molar refractivity (Wildman–Crippen MR) is 133 cm³/mol. The number of ether oxygens (including phenoxy) is 1. The van der Waals surface area contributed by atoms with Crippen LogP contribution in [-0.4, -0.2) is 12.1 Å². The average Bonchev–Trinajstić information content (AvgIpc) is 3.08. The van der Waals surface area contributed by atoms with Crippen LogP contribution in [0.5, 0.6) is 0 Å². The van der Waals surface area contributed by atoms with Crippen LogP contribution in [0.1, 0.15) is 99.8 Å². The van der Waals surface area contributed by atoms with Crippen LogP contribution in [0, 0.1) is 52.3 Å². The van der Waals surface area contributed by atoms with Gasteiger partial charge in [-0.15, -0.1) is 0 Å². The smallest absolute Gasteiger partial charge is 0.302 e. The van der Waals surface area contributed by atoms with E-state index in [1.807, 2.05) is 5.57 Å². The van der Waals surface area contributed by atoms with Crippen LogP contribution < -0.4 is 0 Å². The molecule has 2 nitrogen and oxygen atoms in total. The molecule has 3 saturated carbocycles. The summed E-state index contributed by atoms with van der Waals surface area (Å²) in [6.07, 6.45) is 17.9. The van der Waals surface area contributed by atoms with Crippen molar-refractivity contribution in [2.24, 2.45) is 52.3 Å². The highest BCUT2D eigenvalue weighted by molar-refractivity contribution is 5.66. The van der Waals surface area contributed by atoms with Crippen molar-refractivity contribution in [3.8, 4) is 0 Å². The lowest BCUT2D eigenvalue weighted by Crippen LogP contribution is -2.50. The van der Waals surface area contributed by atoms with E-state index in [0.29, 0.717) is 28.6 Å². The molecule has 4 aliphatic rings. The second-order valence-electron chi connectivity index (χ2n) is 12.8. The van der Waals surface area contributed by atoms with Gasteiger partial charge in [0.2, 0.25) is 0 Å². The van der Waals surface area contributed by atoms with Gasteiger partial charge in [0.15, 0.2) is 0 Å². The first kappa shape index (κ1) is 24.1. The summed E-state index contributed by atoms with van der Waals surface area (Å²) in [5, 5.41) is 0. The molecule has 0 unspecified atom stereocenters. The van der Waals surface area contributed by atoms with Crippen molar-refractivity contribution in [1.29, 1.82) is 0 Å². The summed E-state index contributed by atoms with van der Waals surface area (Å²) in [5.41, 5.74) is 2.70. The van der Waals surface area contributed by atoms with E-state index in [2.05, 4.69) is 59.8 Å². The molecule has 2 heteroatoms. The van der Waals surface area contributed by atoms with E-state index in [9.17, 15) is 4.79 Å². The Bertz CT molecular complexity index is 763. The zero-order chi connectivity index (χ0) is 23.3. The minimum absolute atomic E-state index is 0.109. The first-order chi connectivity index (χ1) is 15.1. The van der Waals surface area contributed by atoms with Gasteiger partial charge < -0.3 is 4.74 Å². The molecule has 0 radical (unpaired) electrons. The lowest BCUT2D eigenvalue weighted by atomic mass is 9.47. The van der Waals surface area contributed by atoms with Gasteiger partial charge in [-0.25, -0.2) is 0 Å². The van der Waals surface area contributed by atoms with Crippen LogP contribution in [-0.2, 0) is 9.53 Å². The third-order valence-electron chi connectivity index (χ3n) is 10.8. The fraction of sp³-hybridized carbons (Fsp3) is 0.833. The molecule has 0 aromatic carbocycles. The van der Waals surface area contributed by atoms with Crippen LogP contribution in [0.2, 0.25) is 0 Å². The third-order valence-corrected chi connectivity index (χ3v) is 10.8. The monoisotopic (exact) mass is 440 g/mol. The number of carbonyl (C=O) groups excluding carboxylic acids is 1. The highest BCUT2D eigenvalue weighted by atomic mass is 16.5. The van der Waals surface area contributed by atoms with E-state index in [1.165, 1.54) is 38.5 Å². The maximum Gasteiger partial charge on any atom is 0.302 e. The van der Waals surface area contributed by atoms with Gasteiger partial charge in [0.05, 0.1) is 0 Å². The molecule has 9 atom stereocenters. The summed E-state index contributed by atoms with van der Waals surface area (Å²) in [6, 6.07) is 0. The molecule has 0 aromatic heterocycles. The Balaban J connectivity index is 1.51. The van der Waals surface area contributed by atoms with Crippen molar-refractivity contribution in [3.05, 3.63) is 23.8 Å². The van der Waals surface area contributed by atoms with Gasteiger partial charge >= 0.3 is 5.97 Å². The van der Waals surface area contributed by atoms with Crippen LogP contribution in [0.15, 0.2) is 23.8 Å². The van der Waals surface area contributed by atoms with Crippen LogP contribution in [0.25, 0.3) is 0 Å². The highest BCUT2D eigenvalue weighted by Crippen LogP contribution is 2.66. The number of allylic oxidation sites excluding steroid dienone is 4. The van der Waals surface area contributed by atoms with Gasteiger partial charge in [-0.3, -0.25) is 4.79 Å². The summed E-state index contributed by atoms with van der Waals surface area (Å²) >= 11 is 0. The highest BCUT2D eigenvalue weighted by Gasteiger charge is 2.58. The lowest BCUT2D eigenvalue weighted by molar-refractivity contribution is -0.152. The molecular formula is C30H48O2. The fourth-order valence-electron chi connectivity index (χ4n) is 8.43. The number of hydrogen-bond acceptors (Lipinski definition) is 2. The topological polar surface area (TPSA) is 26.3 Å². The Morgan fingerprint density at radius 1 is 1.00 bits per heavy atom. The zero-order valence-corrected chi connectivity index (χ0v) is 21.8. The first-order valence-corrected chi connectivity index (χ1v) is 13.6. The molecule has 0 aromatic rings. The minimum Gasteiger partial charge on any atom is -0.463 e. The van der Waals surface area contributed by atoms with Crippen molar-refractivity contribution < 1.29 is 9.53 Å². The van der Waals surface area contributed by atoms with Gasteiger partial charge in [-0.2, -0.15) is 0 Å². The van der Waals surface area contributed by atoms with E-state index in [0.717, 1.165) is 36.5 Å². The summed E-state index contributed by atoms with van der Waals surface area (Å²) in [5.74, 6) is 4.98. The van der Waals surface area contributed by atoms with Crippen LogP contribution >= 0.6 is 0 Å². The van der Waals surface area contributed by atoms with E-state index in [1.54, 1.807) is 6.92 Å². The summed E-state index contributed by atoms with van der Waals surface area (Å²) in [6.45, 7) is 16.3. The average molecular weight is 441 g/mol. The maximum atomic E-state index is 11.5. The second kappa shape index (κ2) is 8.95. The Labute approximate surface area is 197 Å². The Morgan fingerprint density at radius 3 is 2.38 bits per heavy atom. The second-order valence-corrected chi connectivity index (χ2v) is 12.8. The van der Waals surface area contributed by atoms with Crippen LogP contribution in [0.4, 0.5) is 0 Å². The first-order valence-electron chi connectivity index (χ1n) is 13.6. The Kier molecular flexibility index (Phi) is 6.74. The molecule has 0 saturated heterocycles. The zero-order valence-electron chi connectivity index (χ0n) is 21.8. The Hall–Kier alpha value is -1.05. The number of rotatable bonds is 5. The molecule has 0 amide bonds. The predicted octanol–water partition coefficient (Wildman–Crippen LogP) is 7.98. The number of fused-ring (bicyclic) bond motifs is 5. The van der Waals surface area contributed by atoms with Crippen molar-refractivity contribution in [3.63, 3.8) is 0 Å². The normalized spacial score (nSPS) is 43.2. The van der Waals surface area contributed by atoms with Crippen molar-refractivity contribution in [1.82, 2.24) is 0 Å². The summed E-state index contributed by atoms with van der Waals surface area (Å²) in [4.78, 5) is 11.5. The molecular weight excluding hydrogens is 392 g/mol. The van der Waals surface area contributed by atoms with Gasteiger partial charge in [0.1, 0.15) is 6.10 Å². The minimum atomic E-state index is -0.109. The molecule has 32 heavy (non-hydrogen) atoms. The fourth-order valence-corrected chi connectivity index (χ4v) is 8.43. The molecule has 0 aliphatic heterocycles. The maximum absolute atomic E-state index is 11.5. The van der Waals surface area contributed by atoms with Crippen molar-refractivity contribution >= 4 is 5.97 Å². The third kappa shape index (κ3) is 4.14. The molecule has 0 N–H and O–H groups in total. The quantitative estimate of drug-likeness (QED) is 0.320. The van der Waals surface area contributed by atoms with Gasteiger partial charge in [0.25, 0.3) is 0 Å². The van der Waals surface area contributed by atoms with E-state index >= 15 is 0 Å². The molecule has 4 aliphatic carbocycles. The van der Waals surface area contributed by atoms with Crippen molar-refractivity contribution in [2.45, 2.75) is 106 Å². The van der Waals surface area contributed by atoms with Crippen molar-refractivity contribution in [2.75, 3.05) is 0 Å². The summed E-state index contributed by atoms with van der Waals surface area (Å²) in [7, 11) is 0. The van der Waals surface area contributed by atoms with E-state index in [-0.39, 0.29) is 12.1 Å². The Morgan fingerprint density at radius 2 is 1.69 bits per heavy atom. The number of hydrogen-bond donors (Lipinski definition) is 0. The van der Waals surface area contributed by atoms with E-state index in [4.69, 9.17) is 4.74 Å². The number of esters is 1. The van der Waals surface area contributed by atoms with Gasteiger partial charge in [0, 0.05) is 6.92 Å². The standard InChI is InChI=1S/C30H48O2/c1-19(2)20(3)8-9-21(4)26-12-13-27-25-11-10-23-18-24(32-22(5)31)14-16-29(23,6)28(25)15-17-30(26,27)7/h8-9,11,19-21,23-24,26-28H,10,12-18H2,1-7H3/b9-8+/t20-,21+,23+,24+,26-,27-,28-,29+,30-/m0/s1. The largest absolute Gasteiger partial charge is 0.463 e. The molecule has 3 fully saturated rings. The molecule has 4 rings (SSSR count). The SMILES string of the molecule is CC(=O)O[C@@H]1CC[C@]2(C)[C@H](CC=C3[C@@H]2CC[C@]2(C)[C@H]3CC[C@H]2[C@H](C)/C=C/[C@H](C)C(C)C)C1. The molecule has 180 valence electrons. The number of carbonyl (C=O) groups is 1. The van der Waals surface area contributed by atoms with E-state index < -0.39 is 0 Å². The summed E-state index contributed by atoms with van der Waals surface area (Å²) < 4.78 is 5.64. The molecule has 0 heterocycles. The van der Waals surface area contributed by atoms with Gasteiger partial charge in [-0.05, 0) is 104 Å². The molecule has 0 spiro atoms. The molecule has 0 bridgehead atoms. The van der Waals surface area contributed by atoms with Crippen LogP contribution in [0.3, 0.4) is 0 Å².